The molecule has 5 heteroatoms. The first-order chi connectivity index (χ1) is 9.54. The highest BCUT2D eigenvalue weighted by atomic mass is 15.3. The minimum Gasteiger partial charge on any atom is -0.312 e. The average molecular weight is 275 g/mol. The van der Waals surface area contributed by atoms with Gasteiger partial charge in [0.15, 0.2) is 0 Å². The van der Waals surface area contributed by atoms with E-state index in [0.29, 0.717) is 5.92 Å². The summed E-state index contributed by atoms with van der Waals surface area (Å²) in [5.41, 5.74) is 5.73. The highest BCUT2D eigenvalue weighted by molar-refractivity contribution is 5.67. The van der Waals surface area contributed by atoms with E-state index >= 15 is 0 Å². The monoisotopic (exact) mass is 275 g/mol. The lowest BCUT2D eigenvalue weighted by Crippen LogP contribution is -2.19. The highest BCUT2D eigenvalue weighted by Gasteiger charge is 2.17. The van der Waals surface area contributed by atoms with E-state index in [-0.39, 0.29) is 0 Å². The zero-order chi connectivity index (χ0) is 14.7. The zero-order valence-corrected chi connectivity index (χ0v) is 13.1. The van der Waals surface area contributed by atoms with Crippen molar-refractivity contribution in [2.24, 2.45) is 5.92 Å². The number of nitrogens with one attached hydrogen (secondary N) is 2. The van der Waals surface area contributed by atoms with Crippen LogP contribution in [0.1, 0.15) is 37.7 Å². The maximum Gasteiger partial charge on any atom is 0.0732 e. The molecule has 2 rings (SSSR count). The third-order valence-electron chi connectivity index (χ3n) is 3.52. The lowest BCUT2D eigenvalue weighted by Gasteiger charge is -2.08. The molecule has 0 unspecified atom stereocenters. The topological polar surface area (TPSA) is 58.5 Å². The van der Waals surface area contributed by atoms with E-state index in [2.05, 4.69) is 55.2 Å². The fourth-order valence-electron chi connectivity index (χ4n) is 2.52. The fourth-order valence-corrected chi connectivity index (χ4v) is 2.52. The van der Waals surface area contributed by atoms with Crippen LogP contribution in [0.2, 0.25) is 0 Å². The van der Waals surface area contributed by atoms with Gasteiger partial charge in [-0.3, -0.25) is 9.78 Å². The van der Waals surface area contributed by atoms with Crippen molar-refractivity contribution < 1.29 is 0 Å². The molecule has 2 aromatic rings. The van der Waals surface area contributed by atoms with Crippen LogP contribution in [0.3, 0.4) is 0 Å². The van der Waals surface area contributed by atoms with Gasteiger partial charge in [-0.15, -0.1) is 0 Å². The minimum absolute atomic E-state index is 0.650. The van der Waals surface area contributed by atoms with Crippen molar-refractivity contribution in [2.75, 3.05) is 6.54 Å². The van der Waals surface area contributed by atoms with Crippen molar-refractivity contribution in [3.63, 3.8) is 0 Å². The third-order valence-corrected chi connectivity index (χ3v) is 3.52. The Bertz CT molecular complexity index is 565. The summed E-state index contributed by atoms with van der Waals surface area (Å²) in [6.45, 7) is 13.4. The third kappa shape index (κ3) is 2.93. The highest BCUT2D eigenvalue weighted by Crippen LogP contribution is 2.27. The first kappa shape index (κ1) is 14.8. The smallest absolute Gasteiger partial charge is 0.0732 e. The second kappa shape index (κ2) is 6.22. The molecule has 0 aliphatic heterocycles. The molecule has 0 atom stereocenters. The van der Waals surface area contributed by atoms with Crippen LogP contribution in [0.25, 0.3) is 11.3 Å². The number of rotatable bonds is 6. The molecule has 20 heavy (non-hydrogen) atoms. The Morgan fingerprint density at radius 1 is 1.35 bits per heavy atom. The van der Waals surface area contributed by atoms with Gasteiger partial charge in [-0.05, 0) is 33.2 Å². The Morgan fingerprint density at radius 2 is 2.10 bits per heavy atom. The summed E-state index contributed by atoms with van der Waals surface area (Å²) < 4.78 is 2.04. The second-order valence-electron chi connectivity index (χ2n) is 5.66. The molecule has 2 N–H and O–H groups in total. The number of aryl methyl sites for hydroxylation is 2. The Balaban J connectivity index is 2.26. The first-order valence-electron chi connectivity index (χ1n) is 7.31. The van der Waals surface area contributed by atoms with Gasteiger partial charge in [0.1, 0.15) is 0 Å². The largest absolute Gasteiger partial charge is 0.312 e. The lowest BCUT2D eigenvalue weighted by molar-refractivity contribution is 0.552. The van der Waals surface area contributed by atoms with Crippen molar-refractivity contribution in [1.82, 2.24) is 25.3 Å². The molecule has 0 aliphatic carbocycles. The number of H-pyrrole nitrogens is 1. The summed E-state index contributed by atoms with van der Waals surface area (Å²) in [5.74, 6) is 0.650. The van der Waals surface area contributed by atoms with Gasteiger partial charge in [0, 0.05) is 29.9 Å². The van der Waals surface area contributed by atoms with E-state index in [1.165, 1.54) is 16.8 Å². The summed E-state index contributed by atoms with van der Waals surface area (Å²) in [7, 11) is 0. The van der Waals surface area contributed by atoms with E-state index in [9.17, 15) is 0 Å². The van der Waals surface area contributed by atoms with E-state index in [1.54, 1.807) is 0 Å². The summed E-state index contributed by atoms with van der Waals surface area (Å²) in [6, 6.07) is 0. The van der Waals surface area contributed by atoms with Crippen LogP contribution >= 0.6 is 0 Å². The number of nitrogens with zero attached hydrogens (tertiary/aromatic N) is 3. The van der Waals surface area contributed by atoms with E-state index in [1.807, 2.05) is 10.9 Å². The first-order valence-corrected chi connectivity index (χ1v) is 7.31. The molecule has 0 aliphatic rings. The molecule has 0 aromatic carbocycles. The maximum absolute atomic E-state index is 4.58. The molecular weight excluding hydrogens is 250 g/mol. The van der Waals surface area contributed by atoms with Crippen LogP contribution in [-0.4, -0.2) is 26.5 Å². The Labute approximate surface area is 120 Å². The summed E-state index contributed by atoms with van der Waals surface area (Å²) in [5, 5.41) is 15.4. The predicted molar refractivity (Wildman–Crippen MR) is 81.5 cm³/mol. The van der Waals surface area contributed by atoms with Gasteiger partial charge < -0.3 is 5.32 Å². The summed E-state index contributed by atoms with van der Waals surface area (Å²) in [6.07, 6.45) is 1.91. The van der Waals surface area contributed by atoms with E-state index < -0.39 is 0 Å². The quantitative estimate of drug-likeness (QED) is 0.852. The normalized spacial score (nSPS) is 11.5. The fraction of sp³-hybridized carbons (Fsp3) is 0.600. The van der Waals surface area contributed by atoms with Crippen LogP contribution in [0, 0.1) is 19.8 Å². The van der Waals surface area contributed by atoms with E-state index in [0.717, 1.165) is 31.0 Å². The summed E-state index contributed by atoms with van der Waals surface area (Å²) >= 11 is 0. The molecule has 110 valence electrons. The van der Waals surface area contributed by atoms with Crippen molar-refractivity contribution in [3.8, 4) is 11.3 Å². The van der Waals surface area contributed by atoms with Crippen molar-refractivity contribution in [2.45, 2.75) is 47.7 Å². The summed E-state index contributed by atoms with van der Waals surface area (Å²) in [4.78, 5) is 0. The second-order valence-corrected chi connectivity index (χ2v) is 5.66. The molecule has 0 amide bonds. The molecule has 0 saturated heterocycles. The number of hydrogen-bond donors (Lipinski definition) is 2. The van der Waals surface area contributed by atoms with Crippen LogP contribution in [0.4, 0.5) is 0 Å². The lowest BCUT2D eigenvalue weighted by atomic mass is 10.1. The van der Waals surface area contributed by atoms with Crippen LogP contribution in [0.15, 0.2) is 6.20 Å². The Hall–Kier alpha value is -1.62. The van der Waals surface area contributed by atoms with Crippen LogP contribution < -0.4 is 5.32 Å². The molecule has 0 radical (unpaired) electrons. The average Bonchev–Trinajstić information content (AvgIpc) is 2.94. The maximum atomic E-state index is 4.58. The van der Waals surface area contributed by atoms with Gasteiger partial charge in [0.25, 0.3) is 0 Å². The van der Waals surface area contributed by atoms with Gasteiger partial charge in [0.2, 0.25) is 0 Å². The number of hydrogen-bond acceptors (Lipinski definition) is 3. The van der Waals surface area contributed by atoms with Crippen molar-refractivity contribution in [1.29, 1.82) is 0 Å². The molecule has 2 aromatic heterocycles. The van der Waals surface area contributed by atoms with Crippen molar-refractivity contribution >= 4 is 0 Å². The number of aromatic amines is 1. The molecule has 0 saturated carbocycles. The van der Waals surface area contributed by atoms with Gasteiger partial charge in [-0.1, -0.05) is 13.8 Å². The predicted octanol–water partition coefficient (Wildman–Crippen LogP) is 2.66. The number of aromatic nitrogens is 4. The Kier molecular flexibility index (Phi) is 4.60. The van der Waals surface area contributed by atoms with Gasteiger partial charge in [-0.25, -0.2) is 0 Å². The van der Waals surface area contributed by atoms with E-state index in [4.69, 9.17) is 0 Å². The van der Waals surface area contributed by atoms with Crippen LogP contribution in [-0.2, 0) is 13.1 Å². The van der Waals surface area contributed by atoms with Gasteiger partial charge in [-0.2, -0.15) is 10.2 Å². The molecular formula is C15H25N5. The van der Waals surface area contributed by atoms with Crippen LogP contribution in [0.5, 0.6) is 0 Å². The van der Waals surface area contributed by atoms with Crippen molar-refractivity contribution in [3.05, 3.63) is 23.1 Å². The van der Waals surface area contributed by atoms with Gasteiger partial charge in [0.05, 0.1) is 17.6 Å². The zero-order valence-electron chi connectivity index (χ0n) is 13.1. The molecule has 5 nitrogen and oxygen atoms in total. The minimum atomic E-state index is 0.650. The molecule has 0 spiro atoms. The molecule has 2 heterocycles. The molecule has 0 bridgehead atoms. The van der Waals surface area contributed by atoms with Gasteiger partial charge >= 0.3 is 0 Å². The SMILES string of the molecule is CCn1nc(C)c(-c2[nH]ncc2CNCC(C)C)c1C. The standard InChI is InChI=1S/C15H25N5/c1-6-20-12(5)14(11(4)19-20)15-13(9-17-18-15)8-16-7-10(2)3/h9-10,16H,6-8H2,1-5H3,(H,17,18). The molecule has 0 fully saturated rings. The Morgan fingerprint density at radius 3 is 2.70 bits per heavy atom.